The van der Waals surface area contributed by atoms with Gasteiger partial charge in [-0.3, -0.25) is 9.59 Å². The van der Waals surface area contributed by atoms with Gasteiger partial charge in [-0.2, -0.15) is 0 Å². The van der Waals surface area contributed by atoms with Gasteiger partial charge in [0, 0.05) is 12.8 Å². The number of esters is 2. The Hall–Kier alpha value is -2.10. The highest BCUT2D eigenvalue weighted by atomic mass is 16.6. The zero-order valence-corrected chi connectivity index (χ0v) is 29.2. The van der Waals surface area contributed by atoms with E-state index in [0.717, 1.165) is 64.2 Å². The number of allylic oxidation sites excluding steroid dienone is 8. The van der Waals surface area contributed by atoms with Crippen molar-refractivity contribution in [3.05, 3.63) is 48.6 Å². The number of hydrogen-bond donors (Lipinski definition) is 0. The lowest BCUT2D eigenvalue weighted by molar-refractivity contribution is -0.159. The van der Waals surface area contributed by atoms with Gasteiger partial charge in [0.1, 0.15) is 12.7 Å². The summed E-state index contributed by atoms with van der Waals surface area (Å²) in [5.41, 5.74) is 0. The molecule has 0 bridgehead atoms. The minimum atomic E-state index is -0.339. The largest absolute Gasteiger partial charge is 0.462 e. The molecule has 0 fully saturated rings. The zero-order valence-electron chi connectivity index (χ0n) is 29.2. The second-order valence-electron chi connectivity index (χ2n) is 12.2. The highest BCUT2D eigenvalue weighted by molar-refractivity contribution is 5.70. The zero-order chi connectivity index (χ0) is 32.2. The molecule has 0 saturated heterocycles. The van der Waals surface area contributed by atoms with E-state index >= 15 is 0 Å². The number of unbranched alkanes of at least 4 members (excludes halogenated alkanes) is 16. The molecule has 0 radical (unpaired) electrons. The van der Waals surface area contributed by atoms with Crippen molar-refractivity contribution < 1.29 is 19.1 Å². The lowest BCUT2D eigenvalue weighted by Crippen LogP contribution is -2.24. The van der Waals surface area contributed by atoms with Crippen molar-refractivity contribution in [1.82, 2.24) is 0 Å². The predicted molar refractivity (Wildman–Crippen MR) is 190 cm³/mol. The summed E-state index contributed by atoms with van der Waals surface area (Å²) in [7, 11) is 0. The van der Waals surface area contributed by atoms with Gasteiger partial charge in [0.05, 0.1) is 0 Å². The van der Waals surface area contributed by atoms with Crippen LogP contribution < -0.4 is 0 Å². The molecule has 0 spiro atoms. The van der Waals surface area contributed by atoms with Crippen LogP contribution in [0.3, 0.4) is 0 Å². The van der Waals surface area contributed by atoms with Gasteiger partial charge in [-0.15, -0.1) is 0 Å². The third-order valence-corrected chi connectivity index (χ3v) is 7.85. The van der Waals surface area contributed by atoms with Crippen LogP contribution in [0.25, 0.3) is 0 Å². The molecule has 0 aliphatic heterocycles. The summed E-state index contributed by atoms with van der Waals surface area (Å²) in [6.45, 7) is 6.62. The normalized spacial score (nSPS) is 12.7. The summed E-state index contributed by atoms with van der Waals surface area (Å²) < 4.78 is 11.0. The highest BCUT2D eigenvalue weighted by Gasteiger charge is 2.15. The second kappa shape index (κ2) is 35.4. The monoisotopic (exact) mass is 615 g/mol. The Labute approximate surface area is 273 Å². The number of rotatable bonds is 32. The van der Waals surface area contributed by atoms with Gasteiger partial charge < -0.3 is 9.47 Å². The van der Waals surface area contributed by atoms with Crippen LogP contribution in [0.4, 0.5) is 0 Å². The molecule has 4 nitrogen and oxygen atoms in total. The van der Waals surface area contributed by atoms with Crippen LogP contribution in [-0.2, 0) is 19.1 Å². The van der Waals surface area contributed by atoms with Crippen LogP contribution in [0, 0.1) is 0 Å². The van der Waals surface area contributed by atoms with E-state index in [1.807, 2.05) is 6.92 Å². The molecule has 0 aromatic carbocycles. The first kappa shape index (κ1) is 41.9. The van der Waals surface area contributed by atoms with E-state index in [4.69, 9.17) is 9.47 Å². The SMILES string of the molecule is CCCCC/C=C\C/C=C\CCCCCCCC(=O)OC[C@H](CC)OC(=O)CCCCCCC/C=C\C/C=C\CCCCC. The van der Waals surface area contributed by atoms with Crippen LogP contribution >= 0.6 is 0 Å². The maximum absolute atomic E-state index is 12.2. The first-order chi connectivity index (χ1) is 21.6. The fourth-order valence-corrected chi connectivity index (χ4v) is 4.90. The molecule has 0 rings (SSSR count). The van der Waals surface area contributed by atoms with Crippen molar-refractivity contribution in [3.8, 4) is 0 Å². The average Bonchev–Trinajstić information content (AvgIpc) is 3.02. The molecule has 0 aliphatic carbocycles. The molecule has 0 aromatic heterocycles. The molecular formula is C40H70O4. The van der Waals surface area contributed by atoms with Crippen molar-refractivity contribution in [1.29, 1.82) is 0 Å². The van der Waals surface area contributed by atoms with Gasteiger partial charge in [0.15, 0.2) is 0 Å². The smallest absolute Gasteiger partial charge is 0.306 e. The molecular weight excluding hydrogens is 544 g/mol. The molecule has 1 atom stereocenters. The second-order valence-corrected chi connectivity index (χ2v) is 12.2. The lowest BCUT2D eigenvalue weighted by Gasteiger charge is -2.16. The van der Waals surface area contributed by atoms with Gasteiger partial charge in [0.25, 0.3) is 0 Å². The molecule has 0 aliphatic rings. The lowest BCUT2D eigenvalue weighted by atomic mass is 10.1. The molecule has 0 aromatic rings. The molecule has 44 heavy (non-hydrogen) atoms. The van der Waals surface area contributed by atoms with Crippen molar-refractivity contribution in [3.63, 3.8) is 0 Å². The van der Waals surface area contributed by atoms with E-state index in [-0.39, 0.29) is 24.6 Å². The number of carbonyl (C=O) groups excluding carboxylic acids is 2. The minimum absolute atomic E-state index is 0.170. The van der Waals surface area contributed by atoms with E-state index in [9.17, 15) is 9.59 Å². The summed E-state index contributed by atoms with van der Waals surface area (Å²) >= 11 is 0. The van der Waals surface area contributed by atoms with Crippen molar-refractivity contribution in [2.24, 2.45) is 0 Å². The average molecular weight is 615 g/mol. The topological polar surface area (TPSA) is 52.6 Å². The van der Waals surface area contributed by atoms with Gasteiger partial charge >= 0.3 is 11.9 Å². The van der Waals surface area contributed by atoms with E-state index in [2.05, 4.69) is 62.5 Å². The van der Waals surface area contributed by atoms with Crippen molar-refractivity contribution >= 4 is 11.9 Å². The third kappa shape index (κ3) is 32.8. The summed E-state index contributed by atoms with van der Waals surface area (Å²) in [5.74, 6) is -0.355. The molecule has 0 heterocycles. The maximum Gasteiger partial charge on any atom is 0.306 e. The third-order valence-electron chi connectivity index (χ3n) is 7.85. The van der Waals surface area contributed by atoms with E-state index in [1.54, 1.807) is 0 Å². The van der Waals surface area contributed by atoms with Crippen LogP contribution in [0.15, 0.2) is 48.6 Å². The van der Waals surface area contributed by atoms with E-state index in [1.165, 1.54) is 77.0 Å². The minimum Gasteiger partial charge on any atom is -0.462 e. The van der Waals surface area contributed by atoms with Gasteiger partial charge in [-0.05, 0) is 83.5 Å². The Morgan fingerprint density at radius 1 is 0.477 bits per heavy atom. The van der Waals surface area contributed by atoms with Crippen molar-refractivity contribution in [2.75, 3.05) is 6.61 Å². The molecule has 0 N–H and O–H groups in total. The highest BCUT2D eigenvalue weighted by Crippen LogP contribution is 2.12. The first-order valence-electron chi connectivity index (χ1n) is 18.6. The standard InChI is InChI=1S/C40H70O4/c1-4-7-9-11-13-15-17-19-21-23-25-27-29-31-33-35-39(41)43-37-38(6-3)44-40(42)36-34-32-30-28-26-24-22-20-18-16-14-12-10-8-5-2/h13-16,19-22,38H,4-12,17-18,23-37H2,1-3H3/b15-13-,16-14-,21-19-,22-20-/t38-/m0/s1. The summed E-state index contributed by atoms with van der Waals surface area (Å²) in [5, 5.41) is 0. The Bertz CT molecular complexity index is 748. The Balaban J connectivity index is 3.64. The Morgan fingerprint density at radius 2 is 0.864 bits per heavy atom. The van der Waals surface area contributed by atoms with Crippen LogP contribution in [0.2, 0.25) is 0 Å². The predicted octanol–water partition coefficient (Wildman–Crippen LogP) is 12.5. The summed E-state index contributed by atoms with van der Waals surface area (Å²) in [6.07, 6.45) is 45.1. The maximum atomic E-state index is 12.2. The quantitative estimate of drug-likeness (QED) is 0.0430. The Morgan fingerprint density at radius 3 is 1.30 bits per heavy atom. The fraction of sp³-hybridized carbons (Fsp3) is 0.750. The van der Waals surface area contributed by atoms with Crippen LogP contribution in [-0.4, -0.2) is 24.6 Å². The summed E-state index contributed by atoms with van der Waals surface area (Å²) in [6, 6.07) is 0. The van der Waals surface area contributed by atoms with Gasteiger partial charge in [-0.25, -0.2) is 0 Å². The van der Waals surface area contributed by atoms with Crippen molar-refractivity contribution in [2.45, 2.75) is 187 Å². The molecule has 4 heteroatoms. The molecule has 254 valence electrons. The summed E-state index contributed by atoms with van der Waals surface area (Å²) in [4.78, 5) is 24.4. The molecule has 0 amide bonds. The Kier molecular flexibility index (Phi) is 33.7. The fourth-order valence-electron chi connectivity index (χ4n) is 4.90. The first-order valence-corrected chi connectivity index (χ1v) is 18.6. The number of carbonyl (C=O) groups is 2. The van der Waals surface area contributed by atoms with Gasteiger partial charge in [-0.1, -0.05) is 134 Å². The van der Waals surface area contributed by atoms with E-state index < -0.39 is 0 Å². The van der Waals surface area contributed by atoms with Gasteiger partial charge in [0.2, 0.25) is 0 Å². The van der Waals surface area contributed by atoms with Crippen LogP contribution in [0.5, 0.6) is 0 Å². The van der Waals surface area contributed by atoms with E-state index in [0.29, 0.717) is 19.3 Å². The van der Waals surface area contributed by atoms with Crippen LogP contribution in [0.1, 0.15) is 181 Å². The number of hydrogen-bond acceptors (Lipinski definition) is 4. The molecule has 0 unspecified atom stereocenters. The molecule has 0 saturated carbocycles. The number of ether oxygens (including phenoxy) is 2.